The van der Waals surface area contributed by atoms with Gasteiger partial charge in [-0.1, -0.05) is 24.4 Å². The highest BCUT2D eigenvalue weighted by molar-refractivity contribution is 6.30. The number of carbonyl (C=O) groups excluding carboxylic acids is 3. The van der Waals surface area contributed by atoms with Crippen LogP contribution < -0.4 is 15.5 Å². The Balaban J connectivity index is 1.65. The largest absolute Gasteiger partial charge is 0.464 e. The standard InChI is InChI=1S/C25H26ClN3O5/c1-16-8-13-20(34-16)23(25(32)28-18-5-2-3-6-18)29(19-11-9-17(26)10-12-19)22(30)15-27-24(31)21-7-4-14-33-21/h4,7-14,18,23H,2-3,5-6,15H2,1H3,(H,27,31)(H,28,32). The Morgan fingerprint density at radius 1 is 1.09 bits per heavy atom. The van der Waals surface area contributed by atoms with E-state index in [1.54, 1.807) is 49.4 Å². The highest BCUT2D eigenvalue weighted by atomic mass is 35.5. The number of carbonyl (C=O) groups is 3. The molecule has 1 aromatic carbocycles. The lowest BCUT2D eigenvalue weighted by molar-refractivity contribution is -0.127. The predicted molar refractivity (Wildman–Crippen MR) is 127 cm³/mol. The van der Waals surface area contributed by atoms with Crippen LogP contribution in [0.15, 0.2) is 63.6 Å². The van der Waals surface area contributed by atoms with Gasteiger partial charge in [-0.25, -0.2) is 0 Å². The van der Waals surface area contributed by atoms with E-state index in [1.165, 1.54) is 17.2 Å². The molecular formula is C25H26ClN3O5. The van der Waals surface area contributed by atoms with E-state index in [2.05, 4.69) is 10.6 Å². The fraction of sp³-hybridized carbons (Fsp3) is 0.320. The van der Waals surface area contributed by atoms with Crippen LogP contribution in [-0.4, -0.2) is 30.3 Å². The number of hydrogen-bond donors (Lipinski definition) is 2. The van der Waals surface area contributed by atoms with E-state index in [9.17, 15) is 14.4 Å². The number of rotatable bonds is 8. The third-order valence-corrected chi connectivity index (χ3v) is 6.01. The molecule has 4 rings (SSSR count). The highest BCUT2D eigenvalue weighted by Gasteiger charge is 2.36. The molecular weight excluding hydrogens is 458 g/mol. The van der Waals surface area contributed by atoms with Crippen LogP contribution in [0.25, 0.3) is 0 Å². The first-order valence-electron chi connectivity index (χ1n) is 11.2. The summed E-state index contributed by atoms with van der Waals surface area (Å²) in [5.41, 5.74) is 0.447. The molecule has 1 saturated carbocycles. The lowest BCUT2D eigenvalue weighted by Gasteiger charge is -2.31. The van der Waals surface area contributed by atoms with Gasteiger partial charge in [0.05, 0.1) is 12.8 Å². The number of nitrogens with zero attached hydrogens (tertiary/aromatic N) is 1. The van der Waals surface area contributed by atoms with Crippen molar-refractivity contribution in [1.29, 1.82) is 0 Å². The van der Waals surface area contributed by atoms with Gasteiger partial charge in [0.2, 0.25) is 5.91 Å². The number of nitrogens with one attached hydrogen (secondary N) is 2. The van der Waals surface area contributed by atoms with E-state index in [0.29, 0.717) is 22.2 Å². The molecule has 0 bridgehead atoms. The summed E-state index contributed by atoms with van der Waals surface area (Å²) < 4.78 is 10.9. The van der Waals surface area contributed by atoms with Crippen molar-refractivity contribution in [3.8, 4) is 0 Å². The first kappa shape index (κ1) is 23.6. The van der Waals surface area contributed by atoms with Crippen LogP contribution in [0.1, 0.15) is 53.8 Å². The van der Waals surface area contributed by atoms with Gasteiger partial charge in [-0.15, -0.1) is 0 Å². The maximum atomic E-state index is 13.5. The van der Waals surface area contributed by atoms with Gasteiger partial charge in [0, 0.05) is 16.8 Å². The summed E-state index contributed by atoms with van der Waals surface area (Å²) in [6, 6.07) is 12.1. The van der Waals surface area contributed by atoms with Crippen molar-refractivity contribution in [3.05, 3.63) is 77.1 Å². The van der Waals surface area contributed by atoms with Gasteiger partial charge in [-0.2, -0.15) is 0 Å². The van der Waals surface area contributed by atoms with E-state index < -0.39 is 17.9 Å². The molecule has 0 radical (unpaired) electrons. The van der Waals surface area contributed by atoms with E-state index in [4.69, 9.17) is 20.4 Å². The van der Waals surface area contributed by atoms with Crippen LogP contribution in [0.2, 0.25) is 5.02 Å². The van der Waals surface area contributed by atoms with E-state index in [0.717, 1.165) is 25.7 Å². The summed E-state index contributed by atoms with van der Waals surface area (Å²) in [6.07, 6.45) is 5.26. The number of hydrogen-bond acceptors (Lipinski definition) is 5. The zero-order valence-electron chi connectivity index (χ0n) is 18.8. The van der Waals surface area contributed by atoms with Gasteiger partial charge in [0.15, 0.2) is 11.8 Å². The zero-order valence-corrected chi connectivity index (χ0v) is 19.5. The minimum atomic E-state index is -1.07. The molecule has 0 spiro atoms. The molecule has 178 valence electrons. The third kappa shape index (κ3) is 5.51. The van der Waals surface area contributed by atoms with Crippen LogP contribution in [0, 0.1) is 6.92 Å². The second kappa shape index (κ2) is 10.6. The van der Waals surface area contributed by atoms with Crippen LogP contribution in [0.5, 0.6) is 0 Å². The summed E-state index contributed by atoms with van der Waals surface area (Å²) in [5.74, 6) is -0.347. The van der Waals surface area contributed by atoms with Gasteiger partial charge in [-0.05, 0) is 68.3 Å². The molecule has 3 aromatic rings. The molecule has 2 aromatic heterocycles. The van der Waals surface area contributed by atoms with Crippen molar-refractivity contribution in [1.82, 2.24) is 10.6 Å². The number of amides is 3. The second-order valence-electron chi connectivity index (χ2n) is 8.24. The fourth-order valence-corrected chi connectivity index (χ4v) is 4.23. The predicted octanol–water partition coefficient (Wildman–Crippen LogP) is 4.40. The number of furan rings is 2. The molecule has 34 heavy (non-hydrogen) atoms. The summed E-state index contributed by atoms with van der Waals surface area (Å²) in [6.45, 7) is 1.42. The smallest absolute Gasteiger partial charge is 0.287 e. The maximum Gasteiger partial charge on any atom is 0.287 e. The fourth-order valence-electron chi connectivity index (χ4n) is 4.10. The van der Waals surface area contributed by atoms with Crippen LogP contribution in [-0.2, 0) is 9.59 Å². The minimum absolute atomic E-state index is 0.0480. The minimum Gasteiger partial charge on any atom is -0.464 e. The number of halogens is 1. The van der Waals surface area contributed by atoms with Gasteiger partial charge < -0.3 is 19.5 Å². The molecule has 0 aliphatic heterocycles. The monoisotopic (exact) mass is 483 g/mol. The normalized spacial score (nSPS) is 14.5. The summed E-state index contributed by atoms with van der Waals surface area (Å²) in [4.78, 5) is 40.7. The van der Waals surface area contributed by atoms with Gasteiger partial charge >= 0.3 is 0 Å². The van der Waals surface area contributed by atoms with Crippen molar-refractivity contribution in [3.63, 3.8) is 0 Å². The Morgan fingerprint density at radius 3 is 2.44 bits per heavy atom. The number of aryl methyl sites for hydroxylation is 1. The zero-order chi connectivity index (χ0) is 24.1. The quantitative estimate of drug-likeness (QED) is 0.494. The molecule has 1 atom stereocenters. The van der Waals surface area contributed by atoms with Gasteiger partial charge in [-0.3, -0.25) is 19.3 Å². The van der Waals surface area contributed by atoms with Crippen LogP contribution >= 0.6 is 11.6 Å². The average Bonchev–Trinajstić information content (AvgIpc) is 3.60. The number of anilines is 1. The van der Waals surface area contributed by atoms with Crippen molar-refractivity contribution < 1.29 is 23.2 Å². The molecule has 2 N–H and O–H groups in total. The molecule has 3 amide bonds. The first-order valence-corrected chi connectivity index (χ1v) is 11.6. The molecule has 9 heteroatoms. The summed E-state index contributed by atoms with van der Waals surface area (Å²) in [5, 5.41) is 6.12. The Hall–Kier alpha value is -3.52. The average molecular weight is 484 g/mol. The summed E-state index contributed by atoms with van der Waals surface area (Å²) >= 11 is 6.06. The third-order valence-electron chi connectivity index (χ3n) is 5.76. The van der Waals surface area contributed by atoms with E-state index in [1.807, 2.05) is 0 Å². The van der Waals surface area contributed by atoms with Crippen LogP contribution in [0.3, 0.4) is 0 Å². The maximum absolute atomic E-state index is 13.5. The molecule has 1 aliphatic rings. The lowest BCUT2D eigenvalue weighted by atomic mass is 10.1. The highest BCUT2D eigenvalue weighted by Crippen LogP contribution is 2.31. The topological polar surface area (TPSA) is 105 Å². The van der Waals surface area contributed by atoms with E-state index >= 15 is 0 Å². The van der Waals surface area contributed by atoms with Crippen molar-refractivity contribution in [2.45, 2.75) is 44.7 Å². The lowest BCUT2D eigenvalue weighted by Crippen LogP contribution is -2.49. The molecule has 1 aliphatic carbocycles. The van der Waals surface area contributed by atoms with Crippen molar-refractivity contribution in [2.24, 2.45) is 0 Å². The van der Waals surface area contributed by atoms with Gasteiger partial charge in [0.1, 0.15) is 11.5 Å². The molecule has 0 saturated heterocycles. The Morgan fingerprint density at radius 2 is 1.82 bits per heavy atom. The second-order valence-corrected chi connectivity index (χ2v) is 8.68. The van der Waals surface area contributed by atoms with Crippen LogP contribution in [0.4, 0.5) is 5.69 Å². The number of benzene rings is 1. The summed E-state index contributed by atoms with van der Waals surface area (Å²) in [7, 11) is 0. The van der Waals surface area contributed by atoms with Gasteiger partial charge in [0.25, 0.3) is 11.8 Å². The van der Waals surface area contributed by atoms with E-state index in [-0.39, 0.29) is 24.3 Å². The molecule has 8 nitrogen and oxygen atoms in total. The first-order chi connectivity index (χ1) is 16.4. The Kier molecular flexibility index (Phi) is 7.37. The Labute approximate surface area is 202 Å². The van der Waals surface area contributed by atoms with Crippen molar-refractivity contribution in [2.75, 3.05) is 11.4 Å². The Bertz CT molecular complexity index is 1130. The molecule has 2 heterocycles. The van der Waals surface area contributed by atoms with Crippen molar-refractivity contribution >= 4 is 35.0 Å². The SMILES string of the molecule is Cc1ccc(C(C(=O)NC2CCCC2)N(C(=O)CNC(=O)c2ccco2)c2ccc(Cl)cc2)o1. The molecule has 1 fully saturated rings. The molecule has 1 unspecified atom stereocenters.